The van der Waals surface area contributed by atoms with E-state index in [9.17, 15) is 9.59 Å². The number of ether oxygens (including phenoxy) is 2. The molecule has 24 heavy (non-hydrogen) atoms. The van der Waals surface area contributed by atoms with E-state index in [1.807, 2.05) is 13.8 Å². The van der Waals surface area contributed by atoms with E-state index in [-0.39, 0.29) is 11.3 Å². The highest BCUT2D eigenvalue weighted by Gasteiger charge is 2.31. The fraction of sp³-hybridized carbons (Fsp3) is 0.158. The van der Waals surface area contributed by atoms with Gasteiger partial charge in [0.1, 0.15) is 11.5 Å². The van der Waals surface area contributed by atoms with Gasteiger partial charge in [-0.25, -0.2) is 4.79 Å². The zero-order valence-electron chi connectivity index (χ0n) is 13.5. The molecule has 0 spiro atoms. The largest absolute Gasteiger partial charge is 0.452 e. The van der Waals surface area contributed by atoms with Crippen LogP contribution in [0, 0.1) is 6.92 Å². The Kier molecular flexibility index (Phi) is 4.16. The first-order chi connectivity index (χ1) is 11.4. The van der Waals surface area contributed by atoms with Crippen molar-refractivity contribution in [2.75, 3.05) is 0 Å². The molecule has 0 aromatic heterocycles. The minimum atomic E-state index is -0.563. The van der Waals surface area contributed by atoms with Crippen LogP contribution in [0.2, 0.25) is 5.02 Å². The first kappa shape index (κ1) is 16.3. The minimum absolute atomic E-state index is 0.147. The third kappa shape index (κ3) is 2.81. The minimum Gasteiger partial charge on any atom is -0.452 e. The third-order valence-electron chi connectivity index (χ3n) is 3.68. The molecule has 0 saturated carbocycles. The maximum Gasteiger partial charge on any atom is 0.345 e. The second-order valence-corrected chi connectivity index (χ2v) is 6.15. The summed E-state index contributed by atoms with van der Waals surface area (Å²) in [4.78, 5) is 24.6. The molecule has 1 heterocycles. The Balaban J connectivity index is 1.94. The number of carbonyl (C=O) groups excluding carboxylic acids is 2. The molecule has 2 aromatic carbocycles. The molecule has 0 fully saturated rings. The Bertz CT molecular complexity index is 892. The molecule has 4 nitrogen and oxygen atoms in total. The molecule has 0 saturated heterocycles. The van der Waals surface area contributed by atoms with E-state index >= 15 is 0 Å². The van der Waals surface area contributed by atoms with Crippen molar-refractivity contribution in [3.05, 3.63) is 69.4 Å². The summed E-state index contributed by atoms with van der Waals surface area (Å²) in [6, 6.07) is 9.84. The summed E-state index contributed by atoms with van der Waals surface area (Å²) in [5.41, 5.74) is 2.27. The van der Waals surface area contributed by atoms with E-state index < -0.39 is 5.97 Å². The van der Waals surface area contributed by atoms with Gasteiger partial charge in [-0.15, -0.1) is 0 Å². The van der Waals surface area contributed by atoms with Gasteiger partial charge in [-0.1, -0.05) is 23.7 Å². The number of hydrogen-bond donors (Lipinski definition) is 0. The van der Waals surface area contributed by atoms with Crippen molar-refractivity contribution in [2.24, 2.45) is 0 Å². The highest BCUT2D eigenvalue weighted by molar-refractivity contribution is 6.33. The zero-order valence-corrected chi connectivity index (χ0v) is 14.2. The van der Waals surface area contributed by atoms with Crippen LogP contribution in [0.1, 0.15) is 40.1 Å². The van der Waals surface area contributed by atoms with Crippen LogP contribution in [-0.2, 0) is 0 Å². The molecule has 1 aliphatic rings. The van der Waals surface area contributed by atoms with Crippen molar-refractivity contribution in [3.63, 3.8) is 0 Å². The Morgan fingerprint density at radius 3 is 2.54 bits per heavy atom. The van der Waals surface area contributed by atoms with E-state index in [0.717, 1.165) is 5.57 Å². The van der Waals surface area contributed by atoms with E-state index in [1.165, 1.54) is 0 Å². The lowest BCUT2D eigenvalue weighted by molar-refractivity contribution is 0.0734. The lowest BCUT2D eigenvalue weighted by Crippen LogP contribution is -2.09. The fourth-order valence-corrected chi connectivity index (χ4v) is 2.75. The number of fused-ring (bicyclic) bond motifs is 1. The van der Waals surface area contributed by atoms with Gasteiger partial charge in [0, 0.05) is 6.07 Å². The molecule has 1 aliphatic heterocycles. The van der Waals surface area contributed by atoms with Gasteiger partial charge in [0.25, 0.3) is 0 Å². The quantitative estimate of drug-likeness (QED) is 0.449. The van der Waals surface area contributed by atoms with Crippen LogP contribution in [0.3, 0.4) is 0 Å². The summed E-state index contributed by atoms with van der Waals surface area (Å²) in [7, 11) is 0. The van der Waals surface area contributed by atoms with Gasteiger partial charge in [-0.2, -0.15) is 0 Å². The number of halogens is 1. The maximum atomic E-state index is 12.4. The molecule has 0 atom stereocenters. The molecule has 5 heteroatoms. The van der Waals surface area contributed by atoms with Crippen LogP contribution in [-0.4, -0.2) is 11.8 Å². The maximum absolute atomic E-state index is 12.4. The van der Waals surface area contributed by atoms with Gasteiger partial charge in [0.2, 0.25) is 5.78 Å². The first-order valence-corrected chi connectivity index (χ1v) is 7.77. The van der Waals surface area contributed by atoms with E-state index in [2.05, 4.69) is 0 Å². The van der Waals surface area contributed by atoms with E-state index in [1.54, 1.807) is 43.3 Å². The molecule has 0 radical (unpaired) electrons. The standard InChI is InChI=1S/C19H15ClO4/c1-10(2)18-17(21)16-11(3)8-12(9-15(16)24-18)23-19(22)13-6-4-5-7-14(13)20/h4-9H,1-3H3. The van der Waals surface area contributed by atoms with Crippen molar-refractivity contribution in [3.8, 4) is 11.5 Å². The van der Waals surface area contributed by atoms with Gasteiger partial charge in [-0.05, 0) is 50.1 Å². The average Bonchev–Trinajstić information content (AvgIpc) is 2.85. The van der Waals surface area contributed by atoms with Gasteiger partial charge in [0.05, 0.1) is 16.1 Å². The summed E-state index contributed by atoms with van der Waals surface area (Å²) in [6.07, 6.45) is 0. The number of aryl methyl sites for hydroxylation is 1. The highest BCUT2D eigenvalue weighted by atomic mass is 35.5. The van der Waals surface area contributed by atoms with Crippen molar-refractivity contribution in [2.45, 2.75) is 20.8 Å². The van der Waals surface area contributed by atoms with Crippen LogP contribution >= 0.6 is 11.6 Å². The molecule has 2 aromatic rings. The lowest BCUT2D eigenvalue weighted by Gasteiger charge is -2.08. The van der Waals surface area contributed by atoms with Crippen molar-refractivity contribution < 1.29 is 19.1 Å². The predicted molar refractivity (Wildman–Crippen MR) is 90.9 cm³/mol. The molecule has 3 rings (SSSR count). The van der Waals surface area contributed by atoms with Crippen LogP contribution < -0.4 is 9.47 Å². The Hall–Kier alpha value is -2.59. The van der Waals surface area contributed by atoms with E-state index in [4.69, 9.17) is 21.1 Å². The molecule has 0 aliphatic carbocycles. The number of benzene rings is 2. The summed E-state index contributed by atoms with van der Waals surface area (Å²) in [6.45, 7) is 5.40. The monoisotopic (exact) mass is 342 g/mol. The number of rotatable bonds is 2. The smallest absolute Gasteiger partial charge is 0.345 e. The van der Waals surface area contributed by atoms with Crippen LogP contribution in [0.4, 0.5) is 0 Å². The summed E-state index contributed by atoms with van der Waals surface area (Å²) < 4.78 is 11.0. The number of ketones is 1. The topological polar surface area (TPSA) is 52.6 Å². The number of allylic oxidation sites excluding steroid dienone is 2. The number of carbonyl (C=O) groups is 2. The summed E-state index contributed by atoms with van der Waals surface area (Å²) in [5.74, 6) is 0.318. The van der Waals surface area contributed by atoms with Gasteiger partial charge in [-0.3, -0.25) is 4.79 Å². The summed E-state index contributed by atoms with van der Waals surface area (Å²) >= 11 is 6.01. The molecule has 0 amide bonds. The van der Waals surface area contributed by atoms with E-state index in [0.29, 0.717) is 33.4 Å². The van der Waals surface area contributed by atoms with Crippen molar-refractivity contribution >= 4 is 23.4 Å². The summed E-state index contributed by atoms with van der Waals surface area (Å²) in [5, 5.41) is 0.318. The Labute approximate surface area is 144 Å². The number of esters is 1. The second kappa shape index (κ2) is 6.13. The Morgan fingerprint density at radius 1 is 1.17 bits per heavy atom. The van der Waals surface area contributed by atoms with Crippen LogP contribution in [0.25, 0.3) is 0 Å². The average molecular weight is 343 g/mol. The molecule has 0 unspecified atom stereocenters. The van der Waals surface area contributed by atoms with Gasteiger partial charge < -0.3 is 9.47 Å². The van der Waals surface area contributed by atoms with Crippen molar-refractivity contribution in [1.82, 2.24) is 0 Å². The lowest BCUT2D eigenvalue weighted by atomic mass is 10.0. The number of Topliss-reactive ketones (excluding diaryl/α,β-unsaturated/α-hetero) is 1. The Morgan fingerprint density at radius 2 is 1.88 bits per heavy atom. The van der Waals surface area contributed by atoms with Crippen LogP contribution in [0.5, 0.6) is 11.5 Å². The fourth-order valence-electron chi connectivity index (χ4n) is 2.54. The van der Waals surface area contributed by atoms with Gasteiger partial charge in [0.15, 0.2) is 5.76 Å². The second-order valence-electron chi connectivity index (χ2n) is 5.74. The third-order valence-corrected chi connectivity index (χ3v) is 4.01. The van der Waals surface area contributed by atoms with Gasteiger partial charge >= 0.3 is 5.97 Å². The first-order valence-electron chi connectivity index (χ1n) is 7.40. The van der Waals surface area contributed by atoms with Crippen LogP contribution in [0.15, 0.2) is 47.7 Å². The molecular weight excluding hydrogens is 328 g/mol. The normalized spacial score (nSPS) is 12.7. The van der Waals surface area contributed by atoms with Crippen molar-refractivity contribution in [1.29, 1.82) is 0 Å². The molecule has 0 N–H and O–H groups in total. The molecular formula is C19H15ClO4. The number of hydrogen-bond acceptors (Lipinski definition) is 4. The highest BCUT2D eigenvalue weighted by Crippen LogP contribution is 2.38. The zero-order chi connectivity index (χ0) is 17.4. The molecule has 0 bridgehead atoms. The SMILES string of the molecule is CC(C)=C1Oc2cc(OC(=O)c3ccccc3Cl)cc(C)c2C1=O. The predicted octanol–water partition coefficient (Wildman–Crippen LogP) is 4.74. The molecule has 122 valence electrons.